The molecule has 82 valence electrons. The highest BCUT2D eigenvalue weighted by molar-refractivity contribution is 7.20. The number of carbonyl (C=O) groups excluding carboxylic acids is 1. The van der Waals surface area contributed by atoms with Gasteiger partial charge < -0.3 is 10.2 Å². The van der Waals surface area contributed by atoms with Crippen LogP contribution < -0.4 is 10.2 Å². The second-order valence-corrected chi connectivity index (χ2v) is 5.32. The molecule has 1 amide bonds. The van der Waals surface area contributed by atoms with Crippen molar-refractivity contribution in [3.63, 3.8) is 0 Å². The van der Waals surface area contributed by atoms with Crippen LogP contribution in [0.1, 0.15) is 12.8 Å². The molecule has 5 heteroatoms. The van der Waals surface area contributed by atoms with Gasteiger partial charge in [-0.25, -0.2) is 0 Å². The predicted octanol–water partition coefficient (Wildman–Crippen LogP) is 2.12. The minimum absolute atomic E-state index is 0.0177. The van der Waals surface area contributed by atoms with Gasteiger partial charge in [-0.3, -0.25) is 4.79 Å². The zero-order valence-corrected chi connectivity index (χ0v) is 10.1. The van der Waals surface area contributed by atoms with E-state index < -0.39 is 0 Å². The number of amides is 1. The van der Waals surface area contributed by atoms with E-state index in [1.54, 1.807) is 11.9 Å². The number of nitrogens with zero attached hydrogens (tertiary/aromatic N) is 1. The molecule has 3 nitrogen and oxygen atoms in total. The number of carbonyl (C=O) groups is 1. The van der Waals surface area contributed by atoms with Crippen molar-refractivity contribution < 1.29 is 4.79 Å². The Morgan fingerprint density at radius 3 is 3.00 bits per heavy atom. The molecular formula is C10H13ClN2OS. The number of hydrogen-bond acceptors (Lipinski definition) is 3. The molecule has 2 heterocycles. The van der Waals surface area contributed by atoms with E-state index in [4.69, 9.17) is 11.6 Å². The summed E-state index contributed by atoms with van der Waals surface area (Å²) in [4.78, 5) is 13.7. The largest absolute Gasteiger partial charge is 0.306 e. The minimum Gasteiger partial charge on any atom is -0.306 e. The lowest BCUT2D eigenvalue weighted by atomic mass is 10.2. The van der Waals surface area contributed by atoms with Crippen LogP contribution in [0.5, 0.6) is 0 Å². The van der Waals surface area contributed by atoms with Crippen LogP contribution in [-0.4, -0.2) is 25.5 Å². The summed E-state index contributed by atoms with van der Waals surface area (Å²) in [6, 6.07) is 3.67. The maximum atomic E-state index is 12.0. The smallest absolute Gasteiger partial charge is 0.244 e. The normalized spacial score (nSPS) is 20.5. The van der Waals surface area contributed by atoms with Crippen molar-refractivity contribution in [3.05, 3.63) is 16.5 Å². The number of thiophene rings is 1. The molecule has 0 bridgehead atoms. The summed E-state index contributed by atoms with van der Waals surface area (Å²) >= 11 is 7.26. The monoisotopic (exact) mass is 244 g/mol. The van der Waals surface area contributed by atoms with Gasteiger partial charge in [-0.15, -0.1) is 11.3 Å². The Bertz CT molecular complexity index is 360. The minimum atomic E-state index is -0.0177. The number of hydrogen-bond donors (Lipinski definition) is 1. The first-order valence-corrected chi connectivity index (χ1v) is 6.14. The summed E-state index contributed by atoms with van der Waals surface area (Å²) in [5, 5.41) is 4.10. The molecule has 1 atom stereocenters. The molecule has 1 N–H and O–H groups in total. The molecule has 1 unspecified atom stereocenters. The number of anilines is 1. The summed E-state index contributed by atoms with van der Waals surface area (Å²) in [5.41, 5.74) is 0. The first-order valence-electron chi connectivity index (χ1n) is 4.95. The molecule has 0 aliphatic carbocycles. The second-order valence-electron chi connectivity index (χ2n) is 3.62. The van der Waals surface area contributed by atoms with Gasteiger partial charge in [-0.05, 0) is 31.5 Å². The molecule has 0 spiro atoms. The summed E-state index contributed by atoms with van der Waals surface area (Å²) < 4.78 is 0.712. The molecule has 1 fully saturated rings. The van der Waals surface area contributed by atoms with E-state index in [2.05, 4.69) is 5.32 Å². The van der Waals surface area contributed by atoms with Gasteiger partial charge in [0, 0.05) is 7.05 Å². The maximum absolute atomic E-state index is 12.0. The standard InChI is InChI=1S/C10H13ClN2OS/c1-13(9-5-4-8(11)15-9)10(14)7-3-2-6-12-7/h4-5,7,12H,2-3,6H2,1H3. The Morgan fingerprint density at radius 1 is 1.67 bits per heavy atom. The van der Waals surface area contributed by atoms with Gasteiger partial charge in [0.2, 0.25) is 5.91 Å². The summed E-state index contributed by atoms with van der Waals surface area (Å²) in [7, 11) is 1.80. The topological polar surface area (TPSA) is 32.3 Å². The third-order valence-corrected chi connectivity index (χ3v) is 3.89. The lowest BCUT2D eigenvalue weighted by Gasteiger charge is -2.19. The van der Waals surface area contributed by atoms with Gasteiger partial charge in [0.05, 0.1) is 15.4 Å². The molecule has 2 rings (SSSR count). The summed E-state index contributed by atoms with van der Waals surface area (Å²) in [6.07, 6.45) is 2.01. The van der Waals surface area contributed by atoms with Gasteiger partial charge >= 0.3 is 0 Å². The zero-order valence-electron chi connectivity index (χ0n) is 8.50. The Morgan fingerprint density at radius 2 is 2.47 bits per heavy atom. The molecule has 1 aliphatic heterocycles. The molecule has 1 saturated heterocycles. The summed E-state index contributed by atoms with van der Waals surface area (Å²) in [6.45, 7) is 0.940. The maximum Gasteiger partial charge on any atom is 0.244 e. The lowest BCUT2D eigenvalue weighted by molar-refractivity contribution is -0.119. The van der Waals surface area contributed by atoms with Gasteiger partial charge in [0.25, 0.3) is 0 Å². The van der Waals surface area contributed by atoms with Crippen LogP contribution >= 0.6 is 22.9 Å². The van der Waals surface area contributed by atoms with Crippen LogP contribution in [0, 0.1) is 0 Å². The fourth-order valence-corrected chi connectivity index (χ4v) is 2.72. The molecular weight excluding hydrogens is 232 g/mol. The number of nitrogens with one attached hydrogen (secondary N) is 1. The fourth-order valence-electron chi connectivity index (χ4n) is 1.72. The number of halogens is 1. The Labute approximate surface area is 98.0 Å². The highest BCUT2D eigenvalue weighted by Gasteiger charge is 2.26. The zero-order chi connectivity index (χ0) is 10.8. The van der Waals surface area contributed by atoms with E-state index in [0.717, 1.165) is 24.4 Å². The molecule has 1 aromatic heterocycles. The van der Waals surface area contributed by atoms with Crippen molar-refractivity contribution in [2.45, 2.75) is 18.9 Å². The third-order valence-electron chi connectivity index (χ3n) is 2.58. The number of rotatable bonds is 2. The van der Waals surface area contributed by atoms with E-state index in [1.165, 1.54) is 11.3 Å². The van der Waals surface area contributed by atoms with E-state index in [0.29, 0.717) is 4.34 Å². The van der Waals surface area contributed by atoms with Gasteiger partial charge in [-0.1, -0.05) is 11.6 Å². The van der Waals surface area contributed by atoms with Crippen LogP contribution in [-0.2, 0) is 4.79 Å². The van der Waals surface area contributed by atoms with Crippen LogP contribution in [0.25, 0.3) is 0 Å². The van der Waals surface area contributed by atoms with Crippen molar-refractivity contribution in [1.82, 2.24) is 5.32 Å². The highest BCUT2D eigenvalue weighted by atomic mass is 35.5. The van der Waals surface area contributed by atoms with Gasteiger partial charge in [0.1, 0.15) is 0 Å². The van der Waals surface area contributed by atoms with Crippen molar-refractivity contribution in [2.24, 2.45) is 0 Å². The third kappa shape index (κ3) is 2.33. The van der Waals surface area contributed by atoms with E-state index in [9.17, 15) is 4.79 Å². The average molecular weight is 245 g/mol. The van der Waals surface area contributed by atoms with Crippen molar-refractivity contribution in [1.29, 1.82) is 0 Å². The molecule has 0 saturated carbocycles. The molecule has 1 aliphatic rings. The summed E-state index contributed by atoms with van der Waals surface area (Å²) in [5.74, 6) is 0.131. The average Bonchev–Trinajstić information content (AvgIpc) is 2.85. The lowest BCUT2D eigenvalue weighted by Crippen LogP contribution is -2.41. The first kappa shape index (κ1) is 10.9. The second kappa shape index (κ2) is 4.51. The quantitative estimate of drug-likeness (QED) is 0.864. The first-order chi connectivity index (χ1) is 7.18. The van der Waals surface area contributed by atoms with Crippen LogP contribution in [0.3, 0.4) is 0 Å². The van der Waals surface area contributed by atoms with Crippen molar-refractivity contribution in [3.8, 4) is 0 Å². The molecule has 0 radical (unpaired) electrons. The molecule has 0 aromatic carbocycles. The molecule has 1 aromatic rings. The van der Waals surface area contributed by atoms with E-state index in [1.807, 2.05) is 12.1 Å². The SMILES string of the molecule is CN(C(=O)C1CCCN1)c1ccc(Cl)s1. The Kier molecular flexibility index (Phi) is 3.29. The predicted molar refractivity (Wildman–Crippen MR) is 63.8 cm³/mol. The Balaban J connectivity index is 2.06. The van der Waals surface area contributed by atoms with Crippen LogP contribution in [0.2, 0.25) is 4.34 Å². The number of likely N-dealkylation sites (N-methyl/N-ethyl adjacent to an activating group) is 1. The Hall–Kier alpha value is -0.580. The molecule has 15 heavy (non-hydrogen) atoms. The van der Waals surface area contributed by atoms with Gasteiger partial charge in [0.15, 0.2) is 0 Å². The highest BCUT2D eigenvalue weighted by Crippen LogP contribution is 2.29. The van der Waals surface area contributed by atoms with Crippen LogP contribution in [0.15, 0.2) is 12.1 Å². The fraction of sp³-hybridized carbons (Fsp3) is 0.500. The van der Waals surface area contributed by atoms with E-state index in [-0.39, 0.29) is 11.9 Å². The van der Waals surface area contributed by atoms with E-state index >= 15 is 0 Å². The van der Waals surface area contributed by atoms with Gasteiger partial charge in [-0.2, -0.15) is 0 Å². The van der Waals surface area contributed by atoms with Crippen molar-refractivity contribution in [2.75, 3.05) is 18.5 Å². The van der Waals surface area contributed by atoms with Crippen LogP contribution in [0.4, 0.5) is 5.00 Å². The van der Waals surface area contributed by atoms with Crippen molar-refractivity contribution >= 4 is 33.8 Å².